The van der Waals surface area contributed by atoms with Gasteiger partial charge in [0.15, 0.2) is 0 Å². The summed E-state index contributed by atoms with van der Waals surface area (Å²) in [5.41, 5.74) is 1.21. The first-order valence-corrected chi connectivity index (χ1v) is 8.16. The number of hydrogen-bond acceptors (Lipinski definition) is 1. The molecule has 0 aromatic heterocycles. The maximum Gasteiger partial charge on any atom is 0.0468 e. The second-order valence-corrected chi connectivity index (χ2v) is 6.30. The van der Waals surface area contributed by atoms with Crippen molar-refractivity contribution >= 4 is 23.2 Å². The zero-order valence-electron chi connectivity index (χ0n) is 11.6. The standard InChI is InChI=1S/C16H23Cl2N/c1-2-19-16(12-7-5-3-4-6-8-12)14-10-9-13(17)11-15(14)18/h9-12,16,19H,2-8H2,1H3. The fourth-order valence-electron chi connectivity index (χ4n) is 3.15. The predicted octanol–water partition coefficient (Wildman–Crippen LogP) is 5.61. The molecule has 0 bridgehead atoms. The number of hydrogen-bond donors (Lipinski definition) is 1. The van der Waals surface area contributed by atoms with E-state index in [4.69, 9.17) is 23.2 Å². The molecule has 1 aliphatic rings. The third kappa shape index (κ3) is 4.11. The molecule has 1 unspecified atom stereocenters. The summed E-state index contributed by atoms with van der Waals surface area (Å²) in [4.78, 5) is 0. The van der Waals surface area contributed by atoms with Crippen LogP contribution in [0.1, 0.15) is 57.1 Å². The molecule has 0 radical (unpaired) electrons. The molecular weight excluding hydrogens is 277 g/mol. The summed E-state index contributed by atoms with van der Waals surface area (Å²) in [6.45, 7) is 3.13. The third-order valence-electron chi connectivity index (χ3n) is 4.09. The van der Waals surface area contributed by atoms with Gasteiger partial charge in [0.2, 0.25) is 0 Å². The Hall–Kier alpha value is -0.240. The minimum absolute atomic E-state index is 0.368. The van der Waals surface area contributed by atoms with Gasteiger partial charge in [-0.3, -0.25) is 0 Å². The smallest absolute Gasteiger partial charge is 0.0468 e. The summed E-state index contributed by atoms with van der Waals surface area (Å²) in [6, 6.07) is 6.26. The van der Waals surface area contributed by atoms with Crippen molar-refractivity contribution in [3.8, 4) is 0 Å². The molecule has 1 fully saturated rings. The summed E-state index contributed by atoms with van der Waals surface area (Å²) < 4.78 is 0. The third-order valence-corrected chi connectivity index (χ3v) is 4.66. The SMILES string of the molecule is CCNC(c1ccc(Cl)cc1Cl)C1CCCCCC1. The molecule has 3 heteroatoms. The molecule has 0 amide bonds. The molecule has 106 valence electrons. The highest BCUT2D eigenvalue weighted by Crippen LogP contribution is 2.37. The second-order valence-electron chi connectivity index (χ2n) is 5.45. The molecule has 19 heavy (non-hydrogen) atoms. The van der Waals surface area contributed by atoms with Gasteiger partial charge in [-0.1, -0.05) is 61.9 Å². The Morgan fingerprint density at radius 3 is 2.42 bits per heavy atom. The molecule has 1 nitrogen and oxygen atoms in total. The highest BCUT2D eigenvalue weighted by atomic mass is 35.5. The minimum Gasteiger partial charge on any atom is -0.310 e. The molecule has 1 aromatic carbocycles. The Morgan fingerprint density at radius 1 is 1.16 bits per heavy atom. The van der Waals surface area contributed by atoms with Crippen LogP contribution in [0.15, 0.2) is 18.2 Å². The molecule has 1 aromatic rings. The van der Waals surface area contributed by atoms with Crippen molar-refractivity contribution in [1.29, 1.82) is 0 Å². The van der Waals surface area contributed by atoms with Crippen LogP contribution < -0.4 is 5.32 Å². The first kappa shape index (κ1) is 15.2. The van der Waals surface area contributed by atoms with Gasteiger partial charge in [0.25, 0.3) is 0 Å². The predicted molar refractivity (Wildman–Crippen MR) is 84.1 cm³/mol. The molecule has 1 saturated carbocycles. The Bertz CT molecular complexity index is 398. The Morgan fingerprint density at radius 2 is 1.84 bits per heavy atom. The van der Waals surface area contributed by atoms with Crippen LogP contribution in [0, 0.1) is 5.92 Å². The van der Waals surface area contributed by atoms with E-state index in [0.29, 0.717) is 17.0 Å². The van der Waals surface area contributed by atoms with E-state index in [-0.39, 0.29) is 0 Å². The lowest BCUT2D eigenvalue weighted by Gasteiger charge is -2.28. The summed E-state index contributed by atoms with van der Waals surface area (Å²) >= 11 is 12.4. The molecule has 1 N–H and O–H groups in total. The van der Waals surface area contributed by atoms with Crippen LogP contribution in [0.3, 0.4) is 0 Å². The maximum atomic E-state index is 6.40. The quantitative estimate of drug-likeness (QED) is 0.712. The van der Waals surface area contributed by atoms with Gasteiger partial charge in [-0.05, 0) is 43.0 Å². The van der Waals surface area contributed by atoms with Gasteiger partial charge in [-0.2, -0.15) is 0 Å². The summed E-state index contributed by atoms with van der Waals surface area (Å²) in [5, 5.41) is 5.14. The van der Waals surface area contributed by atoms with E-state index >= 15 is 0 Å². The lowest BCUT2D eigenvalue weighted by atomic mass is 9.87. The lowest BCUT2D eigenvalue weighted by Crippen LogP contribution is -2.28. The lowest BCUT2D eigenvalue weighted by molar-refractivity contribution is 0.330. The van der Waals surface area contributed by atoms with E-state index in [0.717, 1.165) is 11.6 Å². The fourth-order valence-corrected chi connectivity index (χ4v) is 3.67. The molecule has 0 heterocycles. The van der Waals surface area contributed by atoms with Gasteiger partial charge >= 0.3 is 0 Å². The summed E-state index contributed by atoms with van der Waals surface area (Å²) in [7, 11) is 0. The van der Waals surface area contributed by atoms with E-state index in [1.807, 2.05) is 12.1 Å². The second kappa shape index (κ2) is 7.52. The van der Waals surface area contributed by atoms with Crippen molar-refractivity contribution in [2.75, 3.05) is 6.54 Å². The molecule has 0 aliphatic heterocycles. The molecule has 0 saturated heterocycles. The molecule has 2 rings (SSSR count). The maximum absolute atomic E-state index is 6.40. The van der Waals surface area contributed by atoms with E-state index < -0.39 is 0 Å². The van der Waals surface area contributed by atoms with Crippen LogP contribution in [0.5, 0.6) is 0 Å². The van der Waals surface area contributed by atoms with Crippen molar-refractivity contribution in [2.24, 2.45) is 5.92 Å². The molecule has 0 spiro atoms. The van der Waals surface area contributed by atoms with Gasteiger partial charge in [-0.25, -0.2) is 0 Å². The van der Waals surface area contributed by atoms with E-state index in [1.165, 1.54) is 44.1 Å². The van der Waals surface area contributed by atoms with Crippen molar-refractivity contribution in [3.05, 3.63) is 33.8 Å². The largest absolute Gasteiger partial charge is 0.310 e. The van der Waals surface area contributed by atoms with Crippen LogP contribution in [0.4, 0.5) is 0 Å². The van der Waals surface area contributed by atoms with Crippen molar-refractivity contribution in [2.45, 2.75) is 51.5 Å². The zero-order chi connectivity index (χ0) is 13.7. The Balaban J connectivity index is 2.22. The first-order valence-electron chi connectivity index (χ1n) is 7.40. The van der Waals surface area contributed by atoms with Crippen molar-refractivity contribution in [1.82, 2.24) is 5.32 Å². The molecule has 1 atom stereocenters. The number of nitrogens with one attached hydrogen (secondary N) is 1. The normalized spacial score (nSPS) is 19.1. The number of rotatable bonds is 4. The number of benzene rings is 1. The van der Waals surface area contributed by atoms with Crippen LogP contribution in [-0.2, 0) is 0 Å². The van der Waals surface area contributed by atoms with Gasteiger partial charge in [0.1, 0.15) is 0 Å². The average Bonchev–Trinajstić information content (AvgIpc) is 2.65. The van der Waals surface area contributed by atoms with Gasteiger partial charge in [0.05, 0.1) is 0 Å². The van der Waals surface area contributed by atoms with Crippen molar-refractivity contribution < 1.29 is 0 Å². The first-order chi connectivity index (χ1) is 9.22. The van der Waals surface area contributed by atoms with Crippen LogP contribution in [0.2, 0.25) is 10.0 Å². The molecule has 1 aliphatic carbocycles. The molecular formula is C16H23Cl2N. The summed E-state index contributed by atoms with van der Waals surface area (Å²) in [5.74, 6) is 0.695. The van der Waals surface area contributed by atoms with Crippen LogP contribution in [0.25, 0.3) is 0 Å². The number of halogens is 2. The Labute approximate surface area is 126 Å². The van der Waals surface area contributed by atoms with E-state index in [1.54, 1.807) is 0 Å². The van der Waals surface area contributed by atoms with Gasteiger partial charge in [-0.15, -0.1) is 0 Å². The minimum atomic E-state index is 0.368. The van der Waals surface area contributed by atoms with Gasteiger partial charge < -0.3 is 5.32 Å². The Kier molecular flexibility index (Phi) is 6.00. The zero-order valence-corrected chi connectivity index (χ0v) is 13.1. The summed E-state index contributed by atoms with van der Waals surface area (Å²) in [6.07, 6.45) is 8.05. The van der Waals surface area contributed by atoms with E-state index in [2.05, 4.69) is 18.3 Å². The highest BCUT2D eigenvalue weighted by Gasteiger charge is 2.25. The van der Waals surface area contributed by atoms with Gasteiger partial charge in [0, 0.05) is 16.1 Å². The fraction of sp³-hybridized carbons (Fsp3) is 0.625. The van der Waals surface area contributed by atoms with Crippen LogP contribution >= 0.6 is 23.2 Å². The van der Waals surface area contributed by atoms with Crippen molar-refractivity contribution in [3.63, 3.8) is 0 Å². The highest BCUT2D eigenvalue weighted by molar-refractivity contribution is 6.35. The van der Waals surface area contributed by atoms with Crippen LogP contribution in [-0.4, -0.2) is 6.54 Å². The topological polar surface area (TPSA) is 12.0 Å². The monoisotopic (exact) mass is 299 g/mol. The average molecular weight is 300 g/mol. The van der Waals surface area contributed by atoms with E-state index in [9.17, 15) is 0 Å².